The van der Waals surface area contributed by atoms with Gasteiger partial charge < -0.3 is 10.4 Å². The normalized spacial score (nSPS) is 21.4. The molecule has 2 N–H and O–H groups in total. The fourth-order valence-corrected chi connectivity index (χ4v) is 2.50. The van der Waals surface area contributed by atoms with Crippen LogP contribution in [-0.2, 0) is 11.3 Å². The maximum Gasteiger partial charge on any atom is 0.322 e. The first kappa shape index (κ1) is 12.5. The van der Waals surface area contributed by atoms with Crippen LogP contribution < -0.4 is 5.32 Å². The second-order valence-electron chi connectivity index (χ2n) is 4.16. The fourth-order valence-electron chi connectivity index (χ4n) is 2.05. The number of rotatable bonds is 3. The van der Waals surface area contributed by atoms with Gasteiger partial charge >= 0.3 is 5.97 Å². The number of carboxylic acid groups (broad SMARTS) is 1. The van der Waals surface area contributed by atoms with E-state index < -0.39 is 12.0 Å². The number of nitrogens with one attached hydrogen (secondary N) is 1. The third-order valence-electron chi connectivity index (χ3n) is 2.91. The fraction of sp³-hybridized carbons (Fsp3) is 0.417. The molecule has 1 atom stereocenters. The van der Waals surface area contributed by atoms with E-state index in [0.717, 1.165) is 23.1 Å². The zero-order valence-corrected chi connectivity index (χ0v) is 11.0. The second kappa shape index (κ2) is 5.62. The van der Waals surface area contributed by atoms with Gasteiger partial charge in [-0.2, -0.15) is 0 Å². The van der Waals surface area contributed by atoms with Crippen molar-refractivity contribution in [2.75, 3.05) is 19.6 Å². The third-order valence-corrected chi connectivity index (χ3v) is 3.41. The standard InChI is InChI=1S/C12H15BrN2O2/c13-10-3-1-2-9(6-10)8-15-5-4-14-7-11(15)12(16)17/h1-3,6,11,14H,4-5,7-8H2,(H,16,17). The molecule has 1 aromatic rings. The highest BCUT2D eigenvalue weighted by molar-refractivity contribution is 9.10. The van der Waals surface area contributed by atoms with Gasteiger partial charge in [0.25, 0.3) is 0 Å². The van der Waals surface area contributed by atoms with Gasteiger partial charge in [-0.1, -0.05) is 28.1 Å². The van der Waals surface area contributed by atoms with Gasteiger partial charge in [-0.3, -0.25) is 9.69 Å². The van der Waals surface area contributed by atoms with Gasteiger partial charge in [0.1, 0.15) is 6.04 Å². The smallest absolute Gasteiger partial charge is 0.322 e. The van der Waals surface area contributed by atoms with Gasteiger partial charge in [-0.05, 0) is 17.7 Å². The van der Waals surface area contributed by atoms with E-state index in [1.807, 2.05) is 29.2 Å². The molecule has 0 aliphatic carbocycles. The van der Waals surface area contributed by atoms with Gasteiger partial charge in [-0.15, -0.1) is 0 Å². The van der Waals surface area contributed by atoms with Crippen molar-refractivity contribution in [1.29, 1.82) is 0 Å². The Balaban J connectivity index is 2.08. The summed E-state index contributed by atoms with van der Waals surface area (Å²) in [5, 5.41) is 12.3. The maximum absolute atomic E-state index is 11.1. The van der Waals surface area contributed by atoms with E-state index >= 15 is 0 Å². The Labute approximate surface area is 109 Å². The van der Waals surface area contributed by atoms with Crippen LogP contribution in [0.2, 0.25) is 0 Å². The van der Waals surface area contributed by atoms with Crippen LogP contribution in [0.15, 0.2) is 28.7 Å². The zero-order chi connectivity index (χ0) is 12.3. The highest BCUT2D eigenvalue weighted by Crippen LogP contribution is 2.15. The Hall–Kier alpha value is -0.910. The van der Waals surface area contributed by atoms with Crippen molar-refractivity contribution >= 4 is 21.9 Å². The molecule has 0 radical (unpaired) electrons. The zero-order valence-electron chi connectivity index (χ0n) is 9.40. The SMILES string of the molecule is O=C(O)C1CNCCN1Cc1cccc(Br)c1. The van der Waals surface area contributed by atoms with Crippen molar-refractivity contribution < 1.29 is 9.90 Å². The highest BCUT2D eigenvalue weighted by atomic mass is 79.9. The van der Waals surface area contributed by atoms with Gasteiger partial charge in [0.05, 0.1) is 0 Å². The molecule has 1 aliphatic heterocycles. The lowest BCUT2D eigenvalue weighted by molar-refractivity contribution is -0.144. The van der Waals surface area contributed by atoms with Crippen LogP contribution in [0.5, 0.6) is 0 Å². The molecule has 1 unspecified atom stereocenters. The van der Waals surface area contributed by atoms with Crippen molar-refractivity contribution in [3.63, 3.8) is 0 Å². The van der Waals surface area contributed by atoms with E-state index in [0.29, 0.717) is 13.1 Å². The van der Waals surface area contributed by atoms with E-state index in [1.54, 1.807) is 0 Å². The highest BCUT2D eigenvalue weighted by Gasteiger charge is 2.27. The molecule has 92 valence electrons. The molecule has 5 heteroatoms. The molecule has 0 amide bonds. The first-order valence-corrected chi connectivity index (χ1v) is 6.38. The van der Waals surface area contributed by atoms with Crippen LogP contribution in [0.3, 0.4) is 0 Å². The predicted molar refractivity (Wildman–Crippen MR) is 68.8 cm³/mol. The Bertz CT molecular complexity index is 411. The van der Waals surface area contributed by atoms with Crippen LogP contribution in [0.25, 0.3) is 0 Å². The first-order chi connectivity index (χ1) is 8.16. The summed E-state index contributed by atoms with van der Waals surface area (Å²) in [6.45, 7) is 2.81. The van der Waals surface area contributed by atoms with E-state index in [9.17, 15) is 4.79 Å². The molecule has 1 saturated heterocycles. The summed E-state index contributed by atoms with van der Waals surface area (Å²) in [5.74, 6) is -0.757. The number of carboxylic acids is 1. The van der Waals surface area contributed by atoms with Crippen LogP contribution in [0.4, 0.5) is 0 Å². The van der Waals surface area contributed by atoms with Gasteiger partial charge in [0, 0.05) is 30.7 Å². The molecule has 0 bridgehead atoms. The van der Waals surface area contributed by atoms with Crippen molar-refractivity contribution in [1.82, 2.24) is 10.2 Å². The molecule has 0 aromatic heterocycles. The molecule has 1 heterocycles. The average molecular weight is 299 g/mol. The third kappa shape index (κ3) is 3.28. The summed E-state index contributed by atoms with van der Waals surface area (Å²) in [5.41, 5.74) is 1.13. The number of halogens is 1. The lowest BCUT2D eigenvalue weighted by Crippen LogP contribution is -2.54. The van der Waals surface area contributed by atoms with Crippen molar-refractivity contribution in [2.45, 2.75) is 12.6 Å². The van der Waals surface area contributed by atoms with Gasteiger partial charge in [0.15, 0.2) is 0 Å². The van der Waals surface area contributed by atoms with Gasteiger partial charge in [-0.25, -0.2) is 0 Å². The van der Waals surface area contributed by atoms with E-state index in [4.69, 9.17) is 5.11 Å². The average Bonchev–Trinajstić information content (AvgIpc) is 2.29. The minimum absolute atomic E-state index is 0.428. The maximum atomic E-state index is 11.1. The second-order valence-corrected chi connectivity index (χ2v) is 5.07. The first-order valence-electron chi connectivity index (χ1n) is 5.59. The summed E-state index contributed by atoms with van der Waals surface area (Å²) in [7, 11) is 0. The molecular formula is C12H15BrN2O2. The lowest BCUT2D eigenvalue weighted by Gasteiger charge is -2.33. The quantitative estimate of drug-likeness (QED) is 0.883. The van der Waals surface area contributed by atoms with Crippen LogP contribution in [0.1, 0.15) is 5.56 Å². The lowest BCUT2D eigenvalue weighted by atomic mass is 10.1. The minimum atomic E-state index is -0.757. The monoisotopic (exact) mass is 298 g/mol. The number of nitrogens with zero attached hydrogens (tertiary/aromatic N) is 1. The number of aliphatic carboxylic acids is 1. The summed E-state index contributed by atoms with van der Waals surface area (Å²) < 4.78 is 1.03. The Morgan fingerprint density at radius 1 is 1.59 bits per heavy atom. The molecule has 17 heavy (non-hydrogen) atoms. The summed E-state index contributed by atoms with van der Waals surface area (Å²) in [6, 6.07) is 7.56. The van der Waals surface area contributed by atoms with Crippen LogP contribution in [0, 0.1) is 0 Å². The number of benzene rings is 1. The molecule has 0 saturated carbocycles. The topological polar surface area (TPSA) is 52.6 Å². The van der Waals surface area contributed by atoms with Crippen LogP contribution in [-0.4, -0.2) is 41.7 Å². The molecule has 2 rings (SSSR count). The minimum Gasteiger partial charge on any atom is -0.480 e. The summed E-state index contributed by atoms with van der Waals surface area (Å²) >= 11 is 3.42. The van der Waals surface area contributed by atoms with Crippen molar-refractivity contribution in [2.24, 2.45) is 0 Å². The summed E-state index contributed by atoms with van der Waals surface area (Å²) in [6.07, 6.45) is 0. The van der Waals surface area contributed by atoms with Crippen LogP contribution >= 0.6 is 15.9 Å². The van der Waals surface area contributed by atoms with Crippen molar-refractivity contribution in [3.05, 3.63) is 34.3 Å². The summed E-state index contributed by atoms with van der Waals surface area (Å²) in [4.78, 5) is 13.1. The van der Waals surface area contributed by atoms with E-state index in [1.165, 1.54) is 0 Å². The number of hydrogen-bond donors (Lipinski definition) is 2. The molecule has 1 aliphatic rings. The Morgan fingerprint density at radius 2 is 2.41 bits per heavy atom. The molecule has 1 aromatic carbocycles. The molecule has 1 fully saturated rings. The molecular weight excluding hydrogens is 284 g/mol. The predicted octanol–water partition coefficient (Wildman–Crippen LogP) is 1.31. The number of carbonyl (C=O) groups is 1. The molecule has 4 nitrogen and oxygen atoms in total. The van der Waals surface area contributed by atoms with Gasteiger partial charge in [0.2, 0.25) is 0 Å². The Morgan fingerprint density at radius 3 is 3.12 bits per heavy atom. The van der Waals surface area contributed by atoms with E-state index in [-0.39, 0.29) is 0 Å². The Kier molecular flexibility index (Phi) is 4.15. The van der Waals surface area contributed by atoms with Crippen molar-refractivity contribution in [3.8, 4) is 0 Å². The molecule has 0 spiro atoms. The number of piperazine rings is 1. The van der Waals surface area contributed by atoms with E-state index in [2.05, 4.69) is 21.2 Å². The largest absolute Gasteiger partial charge is 0.480 e. The number of hydrogen-bond acceptors (Lipinski definition) is 3.